The molecular formula is C37H36N2O16S2. The van der Waals surface area contributed by atoms with Gasteiger partial charge in [0.25, 0.3) is 37.6 Å². The zero-order valence-electron chi connectivity index (χ0n) is 30.2. The maximum atomic E-state index is 13.7. The van der Waals surface area contributed by atoms with Gasteiger partial charge in [-0.2, -0.15) is 16.8 Å². The molecule has 0 spiro atoms. The zero-order valence-corrected chi connectivity index (χ0v) is 31.8. The molecule has 1 aromatic heterocycles. The lowest BCUT2D eigenvalue weighted by molar-refractivity contribution is -0.147. The summed E-state index contributed by atoms with van der Waals surface area (Å²) in [5.41, 5.74) is -1.47. The average molecular weight is 829 g/mol. The number of allylic oxidation sites excluding steroid dienone is 4. The van der Waals surface area contributed by atoms with E-state index in [1.54, 1.807) is 0 Å². The third-order valence-corrected chi connectivity index (χ3v) is 10.1. The molecule has 18 nitrogen and oxygen atoms in total. The number of hydrogen-bond donors (Lipinski definition) is 5. The molecule has 302 valence electrons. The largest absolute Gasteiger partial charge is 0.494 e. The van der Waals surface area contributed by atoms with Crippen molar-refractivity contribution in [1.29, 1.82) is 0 Å². The molecule has 20 heteroatoms. The van der Waals surface area contributed by atoms with Crippen molar-refractivity contribution in [3.05, 3.63) is 128 Å². The highest BCUT2D eigenvalue weighted by molar-refractivity contribution is 7.86. The highest BCUT2D eigenvalue weighted by Crippen LogP contribution is 2.29. The molecule has 0 aliphatic carbocycles. The predicted octanol–water partition coefficient (Wildman–Crippen LogP) is 1.47. The number of amides is 2. The number of esters is 2. The topological polar surface area (TPSA) is 281 Å². The summed E-state index contributed by atoms with van der Waals surface area (Å²) in [6.07, 6.45) is 6.58. The van der Waals surface area contributed by atoms with Crippen LogP contribution in [-0.2, 0) is 57.2 Å². The van der Waals surface area contributed by atoms with Crippen LogP contribution >= 0.6 is 0 Å². The van der Waals surface area contributed by atoms with Crippen LogP contribution in [0.2, 0.25) is 0 Å². The molecule has 1 aliphatic rings. The van der Waals surface area contributed by atoms with E-state index < -0.39 is 109 Å². The van der Waals surface area contributed by atoms with Gasteiger partial charge in [-0.1, -0.05) is 42.5 Å². The number of ether oxygens (including phenoxy) is 2. The molecular weight excluding hydrogens is 793 g/mol. The van der Waals surface area contributed by atoms with Crippen molar-refractivity contribution in [3.63, 3.8) is 0 Å². The summed E-state index contributed by atoms with van der Waals surface area (Å²) in [6.45, 7) is -0.0448. The number of nitrogens with zero attached hydrogens (tertiary/aromatic N) is 2. The van der Waals surface area contributed by atoms with Crippen molar-refractivity contribution in [3.8, 4) is 5.88 Å². The fourth-order valence-electron chi connectivity index (χ4n) is 5.52. The molecule has 4 rings (SSSR count). The maximum absolute atomic E-state index is 13.7. The highest BCUT2D eigenvalue weighted by atomic mass is 32.2. The Morgan fingerprint density at radius 1 is 0.719 bits per heavy atom. The van der Waals surface area contributed by atoms with E-state index in [2.05, 4.69) is 0 Å². The second-order valence-corrected chi connectivity index (χ2v) is 14.9. The van der Waals surface area contributed by atoms with Crippen LogP contribution in [0.3, 0.4) is 0 Å². The van der Waals surface area contributed by atoms with Crippen LogP contribution in [0.5, 0.6) is 5.88 Å². The molecule has 5 N–H and O–H groups in total. The van der Waals surface area contributed by atoms with Gasteiger partial charge in [-0.25, -0.2) is 9.59 Å². The molecule has 0 fully saturated rings. The van der Waals surface area contributed by atoms with E-state index in [9.17, 15) is 55.0 Å². The number of carbonyl (C=O) groups excluding carboxylic acids is 4. The van der Waals surface area contributed by atoms with E-state index in [1.807, 2.05) is 0 Å². The first-order chi connectivity index (χ1) is 26.8. The van der Waals surface area contributed by atoms with Gasteiger partial charge in [-0.15, -0.1) is 0 Å². The normalized spacial score (nSPS) is 14.6. The van der Waals surface area contributed by atoms with Gasteiger partial charge in [0, 0.05) is 11.1 Å². The van der Waals surface area contributed by atoms with Gasteiger partial charge in [0.2, 0.25) is 5.88 Å². The van der Waals surface area contributed by atoms with Gasteiger partial charge in [0.15, 0.2) is 0 Å². The fourth-order valence-corrected chi connectivity index (χ4v) is 6.48. The van der Waals surface area contributed by atoms with E-state index in [0.717, 1.165) is 33.7 Å². The van der Waals surface area contributed by atoms with Crippen molar-refractivity contribution in [2.24, 2.45) is 0 Å². The molecule has 2 aromatic carbocycles. The third-order valence-electron chi connectivity index (χ3n) is 8.38. The summed E-state index contributed by atoms with van der Waals surface area (Å²) in [6, 6.07) is 9.33. The molecule has 0 bridgehead atoms. The van der Waals surface area contributed by atoms with Crippen LogP contribution in [0.15, 0.2) is 104 Å². The number of rotatable bonds is 15. The third kappa shape index (κ3) is 10.2. The van der Waals surface area contributed by atoms with Gasteiger partial charge in [-0.3, -0.25) is 33.0 Å². The molecule has 57 heavy (non-hydrogen) atoms. The van der Waals surface area contributed by atoms with Crippen LogP contribution in [0.25, 0.3) is 6.08 Å². The second kappa shape index (κ2) is 18.3. The first-order valence-corrected chi connectivity index (χ1v) is 19.5. The number of aliphatic hydroxyl groups is 2. The number of aromatic hydroxyl groups is 1. The average Bonchev–Trinajstić information content (AvgIpc) is 3.15. The highest BCUT2D eigenvalue weighted by Gasteiger charge is 2.39. The number of carbonyl (C=O) groups is 4. The fraction of sp³-hybridized carbons (Fsp3) is 0.216. The molecule has 2 amide bonds. The standard InChI is InChI=1S/C37H36N2O16S2/c1-22-28(32(42)38(34(44)30(22)36(46)54-18-16-40)20-24-8-12-26(13-9-24)56(48,49)50)6-4-3-5-7-29-23(2)31(37(47)55-19-17-41)35(45)39(33(29)43)21-25-10-14-27(15-11-25)57(51,52)53/h3-15,40-41,44H,16-21H2,1-2H3,(H,48,49,50)(H,51,52,53). The minimum atomic E-state index is -4.53. The Bertz CT molecular complexity index is 2500. The summed E-state index contributed by atoms with van der Waals surface area (Å²) in [5.74, 6) is -4.85. The molecule has 1 aliphatic heterocycles. The number of hydrogen-bond acceptors (Lipinski definition) is 14. The lowest BCUT2D eigenvalue weighted by Gasteiger charge is -2.28. The Kier molecular flexibility index (Phi) is 14.0. The second-order valence-electron chi connectivity index (χ2n) is 12.1. The monoisotopic (exact) mass is 828 g/mol. The first kappa shape index (κ1) is 43.7. The van der Waals surface area contributed by atoms with Crippen LogP contribution in [0.4, 0.5) is 0 Å². The minimum Gasteiger partial charge on any atom is -0.494 e. The predicted molar refractivity (Wildman–Crippen MR) is 199 cm³/mol. The van der Waals surface area contributed by atoms with Crippen LogP contribution in [0.1, 0.15) is 39.5 Å². The Hall–Kier alpha value is -6.03. The summed E-state index contributed by atoms with van der Waals surface area (Å²) < 4.78 is 75.2. The molecule has 0 atom stereocenters. The summed E-state index contributed by atoms with van der Waals surface area (Å²) in [4.78, 5) is 66.5. The van der Waals surface area contributed by atoms with E-state index >= 15 is 0 Å². The van der Waals surface area contributed by atoms with Crippen molar-refractivity contribution in [1.82, 2.24) is 9.47 Å². The van der Waals surface area contributed by atoms with E-state index in [4.69, 9.17) is 19.7 Å². The molecule has 0 saturated heterocycles. The molecule has 0 saturated carbocycles. The summed E-state index contributed by atoms with van der Waals surface area (Å²) in [5, 5.41) is 29.3. The van der Waals surface area contributed by atoms with Gasteiger partial charge >= 0.3 is 11.9 Å². The zero-order chi connectivity index (χ0) is 42.2. The lowest BCUT2D eigenvalue weighted by atomic mass is 9.93. The van der Waals surface area contributed by atoms with Crippen LogP contribution in [-0.4, -0.2) is 101 Å². The molecule has 0 radical (unpaired) electrons. The Labute approximate surface area is 325 Å². The molecule has 2 heterocycles. The van der Waals surface area contributed by atoms with Crippen LogP contribution in [0, 0.1) is 6.92 Å². The quantitative estimate of drug-likeness (QED) is 0.0362. The van der Waals surface area contributed by atoms with Crippen molar-refractivity contribution < 1.29 is 69.9 Å². The number of imide groups is 1. The summed E-state index contributed by atoms with van der Waals surface area (Å²) in [7, 11) is -9.05. The first-order valence-electron chi connectivity index (χ1n) is 16.6. The van der Waals surface area contributed by atoms with Gasteiger partial charge in [0.1, 0.15) is 24.4 Å². The maximum Gasteiger partial charge on any atom is 0.344 e. The van der Waals surface area contributed by atoms with Gasteiger partial charge in [-0.05, 0) is 72.5 Å². The van der Waals surface area contributed by atoms with E-state index in [-0.39, 0.29) is 34.4 Å². The van der Waals surface area contributed by atoms with E-state index in [0.29, 0.717) is 5.56 Å². The Balaban J connectivity index is 1.74. The van der Waals surface area contributed by atoms with Crippen LogP contribution < -0.4 is 5.56 Å². The van der Waals surface area contributed by atoms with E-state index in [1.165, 1.54) is 68.5 Å². The smallest absolute Gasteiger partial charge is 0.344 e. The molecule has 0 unspecified atom stereocenters. The van der Waals surface area contributed by atoms with Gasteiger partial charge < -0.3 is 24.8 Å². The Morgan fingerprint density at radius 2 is 1.23 bits per heavy atom. The number of aliphatic hydroxyl groups excluding tert-OH is 2. The Morgan fingerprint density at radius 3 is 1.74 bits per heavy atom. The number of aromatic nitrogens is 1. The van der Waals surface area contributed by atoms with Crippen molar-refractivity contribution in [2.75, 3.05) is 26.4 Å². The van der Waals surface area contributed by atoms with Crippen molar-refractivity contribution >= 4 is 50.1 Å². The lowest BCUT2D eigenvalue weighted by Crippen LogP contribution is -2.44. The summed E-state index contributed by atoms with van der Waals surface area (Å²) >= 11 is 0. The minimum absolute atomic E-state index is 0.00698. The van der Waals surface area contributed by atoms with Gasteiger partial charge in [0.05, 0.1) is 36.1 Å². The SMILES string of the molecule is CC1=C(C(=O)OCCO)C(=O)N(Cc2ccc(S(=O)(=O)O)cc2)C(=O)C1=CC=CC=Cc1c(C)c(C(=O)OCCO)c(O)n(Cc2ccc(S(=O)(=O)O)cc2)c1=O. The number of pyridine rings is 1. The molecule has 3 aromatic rings. The van der Waals surface area contributed by atoms with Crippen molar-refractivity contribution in [2.45, 2.75) is 36.7 Å². The number of benzene rings is 2.